The lowest BCUT2D eigenvalue weighted by Gasteiger charge is -2.12. The fourth-order valence-corrected chi connectivity index (χ4v) is 4.72. The van der Waals surface area contributed by atoms with Crippen LogP contribution in [0.2, 0.25) is 0 Å². The van der Waals surface area contributed by atoms with Gasteiger partial charge in [-0.1, -0.05) is 34.1 Å². The van der Waals surface area contributed by atoms with Crippen LogP contribution >= 0.6 is 31.9 Å². The molecule has 7 heteroatoms. The molecule has 0 radical (unpaired) electrons. The largest absolute Gasteiger partial charge is 0.490 e. The molecule has 0 saturated heterocycles. The molecule has 0 fully saturated rings. The van der Waals surface area contributed by atoms with Crippen LogP contribution in [0.1, 0.15) is 19.4 Å². The second-order valence-corrected chi connectivity index (χ2v) is 9.06. The Kier molecular flexibility index (Phi) is 6.44. The number of ether oxygens (including phenoxy) is 1. The van der Waals surface area contributed by atoms with Crippen molar-refractivity contribution in [3.63, 3.8) is 0 Å². The van der Waals surface area contributed by atoms with Gasteiger partial charge in [0.1, 0.15) is 16.7 Å². The van der Waals surface area contributed by atoms with Crippen LogP contribution in [0.25, 0.3) is 6.08 Å². The lowest BCUT2D eigenvalue weighted by Crippen LogP contribution is -2.07. The fourth-order valence-electron chi connectivity index (χ4n) is 2.07. The van der Waals surface area contributed by atoms with Crippen LogP contribution in [0, 0.1) is 11.3 Å². The second kappa shape index (κ2) is 8.17. The zero-order chi connectivity index (χ0) is 18.6. The van der Waals surface area contributed by atoms with E-state index in [0.29, 0.717) is 20.3 Å². The Bertz CT molecular complexity index is 961. The number of benzene rings is 2. The molecule has 0 aromatic heterocycles. The van der Waals surface area contributed by atoms with Crippen molar-refractivity contribution in [2.45, 2.75) is 24.8 Å². The molecular formula is C18H15Br2NO3S. The van der Waals surface area contributed by atoms with Crippen LogP contribution in [-0.4, -0.2) is 14.5 Å². The highest BCUT2D eigenvalue weighted by Gasteiger charge is 2.24. The first kappa shape index (κ1) is 19.7. The third kappa shape index (κ3) is 4.72. The van der Waals surface area contributed by atoms with Gasteiger partial charge in [-0.25, -0.2) is 8.42 Å². The molecule has 0 aliphatic rings. The highest BCUT2D eigenvalue weighted by atomic mass is 79.9. The molecule has 4 nitrogen and oxygen atoms in total. The van der Waals surface area contributed by atoms with E-state index in [4.69, 9.17) is 4.74 Å². The molecule has 0 spiro atoms. The maximum atomic E-state index is 12.9. The standard InChI is InChI=1S/C18H15Br2NO3S/c1-12(2)24-17-6-4-3-5-13(17)9-15(11-21)25(22,23)18-10-14(19)7-8-16(18)20/h3-10,12H,1-2H3/b15-9+. The molecule has 0 heterocycles. The first-order valence-electron chi connectivity index (χ1n) is 7.33. The summed E-state index contributed by atoms with van der Waals surface area (Å²) in [5.74, 6) is 0.522. The third-order valence-electron chi connectivity index (χ3n) is 3.15. The van der Waals surface area contributed by atoms with Crippen molar-refractivity contribution >= 4 is 47.8 Å². The molecule has 0 saturated carbocycles. The third-order valence-corrected chi connectivity index (χ3v) is 6.30. The normalized spacial score (nSPS) is 12.1. The Morgan fingerprint density at radius 3 is 2.52 bits per heavy atom. The van der Waals surface area contributed by atoms with Crippen molar-refractivity contribution in [2.75, 3.05) is 0 Å². The van der Waals surface area contributed by atoms with E-state index >= 15 is 0 Å². The van der Waals surface area contributed by atoms with E-state index < -0.39 is 9.84 Å². The molecule has 0 amide bonds. The van der Waals surface area contributed by atoms with Crippen LogP contribution in [0.5, 0.6) is 5.75 Å². The SMILES string of the molecule is CC(C)Oc1ccccc1/C=C(\C#N)S(=O)(=O)c1cc(Br)ccc1Br. The molecule has 25 heavy (non-hydrogen) atoms. The van der Waals surface area contributed by atoms with Crippen LogP contribution in [0.15, 0.2) is 61.2 Å². The van der Waals surface area contributed by atoms with E-state index in [1.54, 1.807) is 42.5 Å². The molecule has 0 atom stereocenters. The quantitative estimate of drug-likeness (QED) is 0.537. The predicted molar refractivity (Wildman–Crippen MR) is 105 cm³/mol. The van der Waals surface area contributed by atoms with E-state index in [1.165, 1.54) is 12.1 Å². The van der Waals surface area contributed by atoms with Gasteiger partial charge in [-0.15, -0.1) is 0 Å². The summed E-state index contributed by atoms with van der Waals surface area (Å²) < 4.78 is 32.5. The molecule has 2 aromatic carbocycles. The van der Waals surface area contributed by atoms with Gasteiger partial charge in [-0.2, -0.15) is 5.26 Å². The number of rotatable bonds is 5. The minimum atomic E-state index is -3.98. The van der Waals surface area contributed by atoms with Crippen molar-refractivity contribution in [1.29, 1.82) is 5.26 Å². The van der Waals surface area contributed by atoms with Gasteiger partial charge in [0.25, 0.3) is 0 Å². The van der Waals surface area contributed by atoms with Crippen molar-refractivity contribution in [3.05, 3.63) is 61.9 Å². The number of allylic oxidation sites excluding steroid dienone is 1. The lowest BCUT2D eigenvalue weighted by atomic mass is 10.2. The Hall–Kier alpha value is -1.62. The molecule has 0 bridgehead atoms. The average Bonchev–Trinajstić information content (AvgIpc) is 2.55. The number of halogens is 2. The van der Waals surface area contributed by atoms with Crippen molar-refractivity contribution in [2.24, 2.45) is 0 Å². The number of sulfone groups is 1. The Morgan fingerprint density at radius 1 is 1.20 bits per heavy atom. The first-order valence-corrected chi connectivity index (χ1v) is 10.4. The average molecular weight is 485 g/mol. The van der Waals surface area contributed by atoms with E-state index in [0.717, 1.165) is 0 Å². The summed E-state index contributed by atoms with van der Waals surface area (Å²) in [5, 5.41) is 9.45. The summed E-state index contributed by atoms with van der Waals surface area (Å²) in [7, 11) is -3.98. The monoisotopic (exact) mass is 483 g/mol. The molecule has 2 rings (SSSR count). The molecule has 0 aliphatic carbocycles. The first-order chi connectivity index (χ1) is 11.8. The minimum absolute atomic E-state index is 0.0249. The molecule has 2 aromatic rings. The molecule has 0 N–H and O–H groups in total. The molecule has 0 unspecified atom stereocenters. The Balaban J connectivity index is 2.59. The number of hydrogen-bond acceptors (Lipinski definition) is 4. The maximum absolute atomic E-state index is 12.9. The van der Waals surface area contributed by atoms with Gasteiger partial charge in [-0.05, 0) is 60.1 Å². The lowest BCUT2D eigenvalue weighted by molar-refractivity contribution is 0.242. The summed E-state index contributed by atoms with van der Waals surface area (Å²) in [4.78, 5) is -0.331. The van der Waals surface area contributed by atoms with E-state index in [-0.39, 0.29) is 15.9 Å². The summed E-state index contributed by atoms with van der Waals surface area (Å²) >= 11 is 6.49. The van der Waals surface area contributed by atoms with Gasteiger partial charge in [0.2, 0.25) is 9.84 Å². The summed E-state index contributed by atoms with van der Waals surface area (Å²) in [6.45, 7) is 3.75. The molecular weight excluding hydrogens is 470 g/mol. The highest BCUT2D eigenvalue weighted by molar-refractivity contribution is 9.11. The maximum Gasteiger partial charge on any atom is 0.217 e. The Labute approximate surface area is 164 Å². The van der Waals surface area contributed by atoms with Crippen molar-refractivity contribution in [1.82, 2.24) is 0 Å². The van der Waals surface area contributed by atoms with Crippen molar-refractivity contribution in [3.8, 4) is 11.8 Å². The zero-order valence-corrected chi connectivity index (χ0v) is 17.5. The van der Waals surface area contributed by atoms with Gasteiger partial charge in [-0.3, -0.25) is 0 Å². The zero-order valence-electron chi connectivity index (χ0n) is 13.5. The molecule has 130 valence electrons. The predicted octanol–water partition coefficient (Wildman–Crippen LogP) is 5.34. The molecule has 0 aliphatic heterocycles. The van der Waals surface area contributed by atoms with Crippen LogP contribution in [0.3, 0.4) is 0 Å². The summed E-state index contributed by atoms with van der Waals surface area (Å²) in [6.07, 6.45) is 1.26. The summed E-state index contributed by atoms with van der Waals surface area (Å²) in [5.41, 5.74) is 0.530. The van der Waals surface area contributed by atoms with Crippen LogP contribution in [-0.2, 0) is 9.84 Å². The van der Waals surface area contributed by atoms with Gasteiger partial charge in [0.05, 0.1) is 11.0 Å². The number of nitriles is 1. The van der Waals surface area contributed by atoms with E-state index in [1.807, 2.05) is 13.8 Å². The topological polar surface area (TPSA) is 67.2 Å². The number of para-hydroxylation sites is 1. The van der Waals surface area contributed by atoms with Gasteiger partial charge >= 0.3 is 0 Å². The van der Waals surface area contributed by atoms with Crippen LogP contribution < -0.4 is 4.74 Å². The van der Waals surface area contributed by atoms with Crippen molar-refractivity contribution < 1.29 is 13.2 Å². The van der Waals surface area contributed by atoms with Gasteiger partial charge in [0.15, 0.2) is 0 Å². The smallest absolute Gasteiger partial charge is 0.217 e. The van der Waals surface area contributed by atoms with Gasteiger partial charge < -0.3 is 4.74 Å². The summed E-state index contributed by atoms with van der Waals surface area (Å²) in [6, 6.07) is 13.6. The van der Waals surface area contributed by atoms with Gasteiger partial charge in [0, 0.05) is 14.5 Å². The van der Waals surface area contributed by atoms with E-state index in [2.05, 4.69) is 31.9 Å². The fraction of sp³-hybridized carbons (Fsp3) is 0.167. The van der Waals surface area contributed by atoms with Crippen LogP contribution in [0.4, 0.5) is 0 Å². The minimum Gasteiger partial charge on any atom is -0.490 e. The second-order valence-electron chi connectivity index (χ2n) is 5.40. The number of nitrogens with zero attached hydrogens (tertiary/aromatic N) is 1. The number of hydrogen-bond donors (Lipinski definition) is 0. The Morgan fingerprint density at radius 2 is 1.88 bits per heavy atom. The highest BCUT2D eigenvalue weighted by Crippen LogP contribution is 2.32. The van der Waals surface area contributed by atoms with E-state index in [9.17, 15) is 13.7 Å².